The third-order valence-corrected chi connectivity index (χ3v) is 2.57. The maximum atomic E-state index is 13.5. The number of benzene rings is 1. The summed E-state index contributed by atoms with van der Waals surface area (Å²) in [6.45, 7) is 1.75. The number of aliphatic hydroxyl groups excluding tert-OH is 1. The molecule has 0 spiro atoms. The lowest BCUT2D eigenvalue weighted by Gasteiger charge is -2.13. The fraction of sp³-hybridized carbons (Fsp3) is 0.154. The summed E-state index contributed by atoms with van der Waals surface area (Å²) in [6.07, 6.45) is 1.53. The van der Waals surface area contributed by atoms with E-state index in [9.17, 15) is 18.3 Å². The zero-order valence-electron chi connectivity index (χ0n) is 9.49. The Morgan fingerprint density at radius 2 is 1.83 bits per heavy atom. The van der Waals surface area contributed by atoms with Crippen molar-refractivity contribution in [3.63, 3.8) is 0 Å². The molecule has 0 fully saturated rings. The summed E-state index contributed by atoms with van der Waals surface area (Å²) in [7, 11) is 0. The first-order valence-electron chi connectivity index (χ1n) is 5.23. The molecule has 94 valence electrons. The van der Waals surface area contributed by atoms with Gasteiger partial charge in [-0.15, -0.1) is 0 Å². The van der Waals surface area contributed by atoms with E-state index in [1.54, 1.807) is 19.2 Å². The SMILES string of the molecule is Cc1cncc(C(O)c2ccc(F)c(F)c2F)c1. The first-order valence-corrected chi connectivity index (χ1v) is 5.23. The van der Waals surface area contributed by atoms with E-state index in [1.165, 1.54) is 6.20 Å². The maximum Gasteiger partial charge on any atom is 0.194 e. The molecular formula is C13H10F3NO. The van der Waals surface area contributed by atoms with Crippen LogP contribution in [0.3, 0.4) is 0 Å². The van der Waals surface area contributed by atoms with Gasteiger partial charge in [0, 0.05) is 23.5 Å². The summed E-state index contributed by atoms with van der Waals surface area (Å²) >= 11 is 0. The second-order valence-corrected chi connectivity index (χ2v) is 3.96. The zero-order chi connectivity index (χ0) is 13.3. The molecule has 0 radical (unpaired) electrons. The van der Waals surface area contributed by atoms with Crippen molar-refractivity contribution in [3.05, 3.63) is 64.7 Å². The summed E-state index contributed by atoms with van der Waals surface area (Å²) in [6, 6.07) is 3.39. The van der Waals surface area contributed by atoms with Crippen molar-refractivity contribution in [2.45, 2.75) is 13.0 Å². The van der Waals surface area contributed by atoms with Crippen molar-refractivity contribution in [2.75, 3.05) is 0 Å². The molecule has 0 saturated carbocycles. The van der Waals surface area contributed by atoms with E-state index in [-0.39, 0.29) is 5.56 Å². The van der Waals surface area contributed by atoms with Crippen molar-refractivity contribution in [1.29, 1.82) is 0 Å². The summed E-state index contributed by atoms with van der Waals surface area (Å²) < 4.78 is 39.4. The van der Waals surface area contributed by atoms with Gasteiger partial charge in [-0.25, -0.2) is 13.2 Å². The van der Waals surface area contributed by atoms with Crippen LogP contribution in [0.1, 0.15) is 22.8 Å². The second kappa shape index (κ2) is 4.78. The molecule has 18 heavy (non-hydrogen) atoms. The predicted octanol–water partition coefficient (Wildman–Crippen LogP) is 2.89. The third kappa shape index (κ3) is 2.22. The van der Waals surface area contributed by atoms with Gasteiger partial charge in [-0.3, -0.25) is 4.98 Å². The third-order valence-electron chi connectivity index (χ3n) is 2.57. The molecule has 1 aromatic carbocycles. The lowest BCUT2D eigenvalue weighted by atomic mass is 10.0. The molecule has 0 saturated heterocycles. The van der Waals surface area contributed by atoms with Crippen molar-refractivity contribution < 1.29 is 18.3 Å². The topological polar surface area (TPSA) is 33.1 Å². The molecule has 1 N–H and O–H groups in total. The van der Waals surface area contributed by atoms with E-state index >= 15 is 0 Å². The van der Waals surface area contributed by atoms with E-state index in [1.807, 2.05) is 0 Å². The highest BCUT2D eigenvalue weighted by Gasteiger charge is 2.20. The summed E-state index contributed by atoms with van der Waals surface area (Å²) in [5, 5.41) is 9.94. The van der Waals surface area contributed by atoms with Gasteiger partial charge in [0.15, 0.2) is 17.5 Å². The average Bonchev–Trinajstić information content (AvgIpc) is 2.35. The molecule has 1 atom stereocenters. The maximum absolute atomic E-state index is 13.5. The first kappa shape index (κ1) is 12.6. The number of aromatic nitrogens is 1. The average molecular weight is 253 g/mol. The Morgan fingerprint density at radius 3 is 2.50 bits per heavy atom. The lowest BCUT2D eigenvalue weighted by Crippen LogP contribution is -2.06. The number of pyridine rings is 1. The molecule has 5 heteroatoms. The van der Waals surface area contributed by atoms with E-state index in [4.69, 9.17) is 0 Å². The van der Waals surface area contributed by atoms with Crippen LogP contribution in [-0.4, -0.2) is 10.1 Å². The van der Waals surface area contributed by atoms with Gasteiger partial charge in [0.1, 0.15) is 6.10 Å². The molecule has 2 aromatic rings. The van der Waals surface area contributed by atoms with E-state index in [0.29, 0.717) is 5.56 Å². The summed E-state index contributed by atoms with van der Waals surface area (Å²) in [5.74, 6) is -4.26. The fourth-order valence-electron chi connectivity index (χ4n) is 1.66. The van der Waals surface area contributed by atoms with E-state index in [0.717, 1.165) is 17.7 Å². The van der Waals surface area contributed by atoms with Crippen molar-refractivity contribution in [1.82, 2.24) is 4.98 Å². The van der Waals surface area contributed by atoms with Gasteiger partial charge in [-0.2, -0.15) is 0 Å². The molecule has 0 bridgehead atoms. The molecular weight excluding hydrogens is 243 g/mol. The van der Waals surface area contributed by atoms with Crippen LogP contribution in [0, 0.1) is 24.4 Å². The van der Waals surface area contributed by atoms with Gasteiger partial charge in [-0.1, -0.05) is 12.1 Å². The standard InChI is InChI=1S/C13H10F3NO/c1-7-4-8(6-17-5-7)13(18)9-2-3-10(14)12(16)11(9)15/h2-6,13,18H,1H3. The number of rotatable bonds is 2. The van der Waals surface area contributed by atoms with Crippen molar-refractivity contribution >= 4 is 0 Å². The Bertz CT molecular complexity index is 586. The minimum Gasteiger partial charge on any atom is -0.383 e. The van der Waals surface area contributed by atoms with Gasteiger partial charge in [-0.05, 0) is 18.6 Å². The van der Waals surface area contributed by atoms with Gasteiger partial charge < -0.3 is 5.11 Å². The molecule has 0 aliphatic rings. The Morgan fingerprint density at radius 1 is 1.11 bits per heavy atom. The zero-order valence-corrected chi connectivity index (χ0v) is 9.49. The second-order valence-electron chi connectivity index (χ2n) is 3.96. The van der Waals surface area contributed by atoms with Crippen LogP contribution in [-0.2, 0) is 0 Å². The highest BCUT2D eigenvalue weighted by molar-refractivity contribution is 5.31. The molecule has 0 amide bonds. The van der Waals surface area contributed by atoms with E-state index in [2.05, 4.69) is 4.98 Å². The monoisotopic (exact) mass is 253 g/mol. The summed E-state index contributed by atoms with van der Waals surface area (Å²) in [4.78, 5) is 3.85. The molecule has 1 aromatic heterocycles. The molecule has 2 nitrogen and oxygen atoms in total. The van der Waals surface area contributed by atoms with Crippen molar-refractivity contribution in [3.8, 4) is 0 Å². The number of aryl methyl sites for hydroxylation is 1. The van der Waals surface area contributed by atoms with Crippen LogP contribution in [0.15, 0.2) is 30.6 Å². The highest BCUT2D eigenvalue weighted by Crippen LogP contribution is 2.26. The van der Waals surface area contributed by atoms with E-state index < -0.39 is 23.6 Å². The Kier molecular flexibility index (Phi) is 3.34. The number of hydrogen-bond donors (Lipinski definition) is 1. The Hall–Kier alpha value is -1.88. The largest absolute Gasteiger partial charge is 0.383 e. The number of aliphatic hydroxyl groups is 1. The van der Waals surface area contributed by atoms with Gasteiger partial charge >= 0.3 is 0 Å². The van der Waals surface area contributed by atoms with Crippen molar-refractivity contribution in [2.24, 2.45) is 0 Å². The van der Waals surface area contributed by atoms with Crippen LogP contribution in [0.25, 0.3) is 0 Å². The molecule has 0 aliphatic heterocycles. The number of halogens is 3. The molecule has 0 aliphatic carbocycles. The van der Waals surface area contributed by atoms with Gasteiger partial charge in [0.2, 0.25) is 0 Å². The molecule has 2 rings (SSSR count). The molecule has 1 unspecified atom stereocenters. The number of hydrogen-bond acceptors (Lipinski definition) is 2. The molecule has 1 heterocycles. The Labute approximate surface area is 102 Å². The van der Waals surface area contributed by atoms with Crippen LogP contribution in [0.2, 0.25) is 0 Å². The quantitative estimate of drug-likeness (QED) is 0.835. The van der Waals surface area contributed by atoms with Gasteiger partial charge in [0.05, 0.1) is 0 Å². The minimum atomic E-state index is -1.59. The minimum absolute atomic E-state index is 0.318. The van der Waals surface area contributed by atoms with Gasteiger partial charge in [0.25, 0.3) is 0 Å². The highest BCUT2D eigenvalue weighted by atomic mass is 19.2. The Balaban J connectivity index is 2.46. The normalized spacial score (nSPS) is 12.5. The van der Waals surface area contributed by atoms with Crippen LogP contribution < -0.4 is 0 Å². The summed E-state index contributed by atoms with van der Waals surface area (Å²) in [5.41, 5.74) is 0.774. The predicted molar refractivity (Wildman–Crippen MR) is 59.4 cm³/mol. The number of nitrogens with zero attached hydrogens (tertiary/aromatic N) is 1. The van der Waals surface area contributed by atoms with Crippen LogP contribution in [0.4, 0.5) is 13.2 Å². The first-order chi connectivity index (χ1) is 8.50. The van der Waals surface area contributed by atoms with Crippen LogP contribution >= 0.6 is 0 Å². The smallest absolute Gasteiger partial charge is 0.194 e. The van der Waals surface area contributed by atoms with Crippen LogP contribution in [0.5, 0.6) is 0 Å². The fourth-order valence-corrected chi connectivity index (χ4v) is 1.66. The lowest BCUT2D eigenvalue weighted by molar-refractivity contribution is 0.212.